The average molecular weight is 427 g/mol. The first kappa shape index (κ1) is 18.5. The smallest absolute Gasteiger partial charge is 0.175 e. The molecule has 0 radical (unpaired) electrons. The van der Waals surface area contributed by atoms with Crippen LogP contribution in [0.25, 0.3) is 0 Å². The molecule has 2 aliphatic heterocycles. The molecule has 1 fully saturated rings. The van der Waals surface area contributed by atoms with Crippen LogP contribution in [0.1, 0.15) is 17.2 Å². The largest absolute Gasteiger partial charge is 0.486 e. The van der Waals surface area contributed by atoms with Gasteiger partial charge in [0.1, 0.15) is 13.2 Å². The Labute approximate surface area is 162 Å². The van der Waals surface area contributed by atoms with E-state index in [1.54, 1.807) is 0 Å². The summed E-state index contributed by atoms with van der Waals surface area (Å²) in [6.07, 6.45) is 3.73. The SMILES string of the molecule is Brc1cc(CN2CCNCC2c2ccncc2)cc2c1OCCO2.Cl. The Bertz CT molecular complexity index is 717. The molecule has 1 saturated heterocycles. The topological polar surface area (TPSA) is 46.6 Å². The van der Waals surface area contributed by atoms with Crippen LogP contribution < -0.4 is 14.8 Å². The highest BCUT2D eigenvalue weighted by Gasteiger charge is 2.25. The number of ether oxygens (including phenoxy) is 2. The summed E-state index contributed by atoms with van der Waals surface area (Å²) in [6.45, 7) is 5.06. The number of nitrogens with zero attached hydrogens (tertiary/aromatic N) is 2. The molecule has 2 aromatic rings. The second-order valence-corrected chi connectivity index (χ2v) is 6.93. The second-order valence-electron chi connectivity index (χ2n) is 6.07. The van der Waals surface area contributed by atoms with Crippen LogP contribution in [-0.2, 0) is 6.54 Å². The highest BCUT2D eigenvalue weighted by molar-refractivity contribution is 9.10. The number of fused-ring (bicyclic) bond motifs is 1. The highest BCUT2D eigenvalue weighted by Crippen LogP contribution is 2.39. The second kappa shape index (κ2) is 8.36. The molecule has 7 heteroatoms. The van der Waals surface area contributed by atoms with E-state index >= 15 is 0 Å². The van der Waals surface area contributed by atoms with Crippen LogP contribution in [0.5, 0.6) is 11.5 Å². The van der Waals surface area contributed by atoms with E-state index in [1.165, 1.54) is 11.1 Å². The first-order valence-corrected chi connectivity index (χ1v) is 9.03. The van der Waals surface area contributed by atoms with Gasteiger partial charge in [-0.15, -0.1) is 12.4 Å². The van der Waals surface area contributed by atoms with Crippen LogP contribution >= 0.6 is 28.3 Å². The third-order valence-corrected chi connectivity index (χ3v) is 5.08. The van der Waals surface area contributed by atoms with Crippen molar-refractivity contribution in [3.8, 4) is 11.5 Å². The Morgan fingerprint density at radius 2 is 2.00 bits per heavy atom. The zero-order valence-electron chi connectivity index (χ0n) is 13.8. The van der Waals surface area contributed by atoms with Crippen molar-refractivity contribution < 1.29 is 9.47 Å². The number of halogens is 2. The van der Waals surface area contributed by atoms with Crippen molar-refractivity contribution in [1.82, 2.24) is 15.2 Å². The summed E-state index contributed by atoms with van der Waals surface area (Å²) in [5.74, 6) is 1.65. The van der Waals surface area contributed by atoms with E-state index in [0.29, 0.717) is 19.3 Å². The molecule has 3 heterocycles. The van der Waals surface area contributed by atoms with Crippen molar-refractivity contribution in [2.45, 2.75) is 12.6 Å². The van der Waals surface area contributed by atoms with Gasteiger partial charge in [0, 0.05) is 44.6 Å². The summed E-state index contributed by atoms with van der Waals surface area (Å²) in [5.41, 5.74) is 2.53. The Hall–Kier alpha value is -1.34. The molecule has 1 aromatic heterocycles. The summed E-state index contributed by atoms with van der Waals surface area (Å²) >= 11 is 3.61. The number of benzene rings is 1. The van der Waals surface area contributed by atoms with E-state index in [2.05, 4.69) is 55.4 Å². The van der Waals surface area contributed by atoms with Crippen LogP contribution in [0.3, 0.4) is 0 Å². The van der Waals surface area contributed by atoms with Gasteiger partial charge in [-0.25, -0.2) is 0 Å². The molecule has 2 aliphatic rings. The molecular weight excluding hydrogens is 406 g/mol. The van der Waals surface area contributed by atoms with Crippen molar-refractivity contribution >= 4 is 28.3 Å². The van der Waals surface area contributed by atoms with Crippen LogP contribution in [0.4, 0.5) is 0 Å². The minimum Gasteiger partial charge on any atom is -0.486 e. The van der Waals surface area contributed by atoms with Crippen molar-refractivity contribution in [2.24, 2.45) is 0 Å². The minimum absolute atomic E-state index is 0. The first-order valence-electron chi connectivity index (χ1n) is 8.24. The maximum Gasteiger partial charge on any atom is 0.175 e. The van der Waals surface area contributed by atoms with E-state index in [1.807, 2.05) is 12.4 Å². The molecule has 1 atom stereocenters. The molecule has 25 heavy (non-hydrogen) atoms. The van der Waals surface area contributed by atoms with Gasteiger partial charge in [0.05, 0.1) is 4.47 Å². The van der Waals surface area contributed by atoms with Gasteiger partial charge in [0.2, 0.25) is 0 Å². The highest BCUT2D eigenvalue weighted by atomic mass is 79.9. The number of hydrogen-bond donors (Lipinski definition) is 1. The van der Waals surface area contributed by atoms with E-state index in [4.69, 9.17) is 9.47 Å². The van der Waals surface area contributed by atoms with Gasteiger partial charge >= 0.3 is 0 Å². The van der Waals surface area contributed by atoms with Gasteiger partial charge < -0.3 is 14.8 Å². The van der Waals surface area contributed by atoms with Gasteiger partial charge in [-0.1, -0.05) is 0 Å². The molecule has 0 aliphatic carbocycles. The molecule has 0 bridgehead atoms. The molecule has 4 rings (SSSR count). The van der Waals surface area contributed by atoms with Gasteiger partial charge in [-0.05, 0) is 51.3 Å². The predicted molar refractivity (Wildman–Crippen MR) is 103 cm³/mol. The summed E-state index contributed by atoms with van der Waals surface area (Å²) in [7, 11) is 0. The number of rotatable bonds is 3. The van der Waals surface area contributed by atoms with Crippen LogP contribution in [0.2, 0.25) is 0 Å². The lowest BCUT2D eigenvalue weighted by molar-refractivity contribution is 0.151. The quantitative estimate of drug-likeness (QED) is 0.817. The first-order chi connectivity index (χ1) is 11.8. The van der Waals surface area contributed by atoms with Crippen molar-refractivity contribution in [1.29, 1.82) is 0 Å². The summed E-state index contributed by atoms with van der Waals surface area (Å²) in [6, 6.07) is 8.80. The van der Waals surface area contributed by atoms with Gasteiger partial charge in [-0.3, -0.25) is 9.88 Å². The third-order valence-electron chi connectivity index (χ3n) is 4.49. The number of hydrogen-bond acceptors (Lipinski definition) is 5. The summed E-state index contributed by atoms with van der Waals surface area (Å²) < 4.78 is 12.4. The molecule has 5 nitrogen and oxygen atoms in total. The van der Waals surface area contributed by atoms with Crippen LogP contribution in [-0.4, -0.2) is 42.7 Å². The number of pyridine rings is 1. The predicted octanol–water partition coefficient (Wildman–Crippen LogP) is 3.18. The molecule has 0 saturated carbocycles. The molecule has 1 unspecified atom stereocenters. The lowest BCUT2D eigenvalue weighted by Gasteiger charge is -2.36. The monoisotopic (exact) mass is 425 g/mol. The molecule has 1 aromatic carbocycles. The average Bonchev–Trinajstić information content (AvgIpc) is 2.63. The minimum atomic E-state index is 0. The van der Waals surface area contributed by atoms with Gasteiger partial charge in [0.15, 0.2) is 11.5 Å². The zero-order valence-corrected chi connectivity index (χ0v) is 16.2. The lowest BCUT2D eigenvalue weighted by Crippen LogP contribution is -2.45. The Morgan fingerprint density at radius 3 is 2.84 bits per heavy atom. The van der Waals surface area contributed by atoms with E-state index in [0.717, 1.165) is 42.2 Å². The summed E-state index contributed by atoms with van der Waals surface area (Å²) in [4.78, 5) is 6.64. The van der Waals surface area contributed by atoms with E-state index in [9.17, 15) is 0 Å². The standard InChI is InChI=1S/C18H20BrN3O2.ClH/c19-15-9-13(10-17-18(15)24-8-7-23-17)12-22-6-5-21-11-16(22)14-1-3-20-4-2-14;/h1-4,9-10,16,21H,5-8,11-12H2;1H. The van der Waals surface area contributed by atoms with Gasteiger partial charge in [-0.2, -0.15) is 0 Å². The normalized spacial score (nSPS) is 20.0. The molecule has 1 N–H and O–H groups in total. The number of piperazine rings is 1. The lowest BCUT2D eigenvalue weighted by atomic mass is 10.0. The van der Waals surface area contributed by atoms with Crippen LogP contribution in [0.15, 0.2) is 41.1 Å². The van der Waals surface area contributed by atoms with Crippen molar-refractivity contribution in [3.05, 3.63) is 52.3 Å². The molecule has 0 amide bonds. The maximum absolute atomic E-state index is 5.75. The Kier molecular flexibility index (Phi) is 6.17. The Morgan fingerprint density at radius 1 is 1.20 bits per heavy atom. The molecular formula is C18H21BrClN3O2. The fourth-order valence-electron chi connectivity index (χ4n) is 3.34. The molecule has 0 spiro atoms. The molecule has 134 valence electrons. The van der Waals surface area contributed by atoms with E-state index in [-0.39, 0.29) is 12.4 Å². The number of aromatic nitrogens is 1. The zero-order chi connectivity index (χ0) is 16.4. The Balaban J connectivity index is 0.00000182. The van der Waals surface area contributed by atoms with Crippen molar-refractivity contribution in [2.75, 3.05) is 32.8 Å². The third kappa shape index (κ3) is 4.08. The maximum atomic E-state index is 5.75. The van der Waals surface area contributed by atoms with Crippen molar-refractivity contribution in [3.63, 3.8) is 0 Å². The summed E-state index contributed by atoms with van der Waals surface area (Å²) in [5, 5.41) is 3.49. The van der Waals surface area contributed by atoms with Gasteiger partial charge in [0.25, 0.3) is 0 Å². The fraction of sp³-hybridized carbons (Fsp3) is 0.389. The van der Waals surface area contributed by atoms with E-state index < -0.39 is 0 Å². The van der Waals surface area contributed by atoms with Crippen LogP contribution in [0, 0.1) is 0 Å². The number of nitrogens with one attached hydrogen (secondary N) is 1. The fourth-order valence-corrected chi connectivity index (χ4v) is 3.94.